The van der Waals surface area contributed by atoms with Gasteiger partial charge in [-0.05, 0) is 43.2 Å². The molecule has 0 aliphatic carbocycles. The normalized spacial score (nSPS) is 11.4. The topological polar surface area (TPSA) is 37.3 Å². The van der Waals surface area contributed by atoms with Crippen LogP contribution in [-0.4, -0.2) is 10.9 Å². The summed E-state index contributed by atoms with van der Waals surface area (Å²) in [6, 6.07) is 15.0. The number of phenols is 1. The molecule has 2 aromatic carbocycles. The molecule has 96 valence electrons. The summed E-state index contributed by atoms with van der Waals surface area (Å²) in [5.74, 6) is 0.140. The fourth-order valence-electron chi connectivity index (χ4n) is 2.00. The zero-order valence-electron chi connectivity index (χ0n) is 11.1. The number of hydrogen-bond donors (Lipinski definition) is 1. The Kier molecular flexibility index (Phi) is 3.81. The monoisotopic (exact) mass is 252 g/mol. The minimum atomic E-state index is -0.0419. The van der Waals surface area contributed by atoms with E-state index in [-0.39, 0.29) is 11.5 Å². The van der Waals surface area contributed by atoms with Crippen molar-refractivity contribution < 1.29 is 9.90 Å². The van der Waals surface area contributed by atoms with Crippen molar-refractivity contribution in [1.82, 2.24) is 0 Å². The highest BCUT2D eigenvalue weighted by Gasteiger charge is 2.10. The highest BCUT2D eigenvalue weighted by atomic mass is 16.3. The molecule has 0 spiro atoms. The Hall–Kier alpha value is -2.35. The number of carbonyl (C=O) groups excluding carboxylic acids is 1. The number of rotatable bonds is 3. The van der Waals surface area contributed by atoms with Crippen LogP contribution in [0.25, 0.3) is 5.57 Å². The van der Waals surface area contributed by atoms with Crippen LogP contribution < -0.4 is 0 Å². The molecule has 1 N–H and O–H groups in total. The molecule has 2 heteroatoms. The van der Waals surface area contributed by atoms with Crippen molar-refractivity contribution in [3.05, 3.63) is 71.3 Å². The molecule has 2 nitrogen and oxygen atoms in total. The third kappa shape index (κ3) is 3.10. The Bertz CT molecular complexity index is 625. The van der Waals surface area contributed by atoms with Crippen LogP contribution in [0.2, 0.25) is 0 Å². The second kappa shape index (κ2) is 5.53. The standard InChI is InChI=1S/C17H16O2/c1-12-8-9-17(19)16(10-12)15(11-13(2)18)14-6-4-3-5-7-14/h3-11,19H,1-2H3/b15-11-. The second-order valence-corrected chi connectivity index (χ2v) is 4.56. The summed E-state index contributed by atoms with van der Waals surface area (Å²) in [4.78, 5) is 11.4. The van der Waals surface area contributed by atoms with Gasteiger partial charge in [0.05, 0.1) is 0 Å². The first-order valence-corrected chi connectivity index (χ1v) is 6.15. The van der Waals surface area contributed by atoms with E-state index >= 15 is 0 Å². The Morgan fingerprint density at radius 1 is 1.11 bits per heavy atom. The highest BCUT2D eigenvalue weighted by molar-refractivity contribution is 5.99. The molecular formula is C17H16O2. The smallest absolute Gasteiger partial charge is 0.153 e. The van der Waals surface area contributed by atoms with Crippen molar-refractivity contribution in [2.45, 2.75) is 13.8 Å². The van der Waals surface area contributed by atoms with Crippen molar-refractivity contribution >= 4 is 11.4 Å². The third-order valence-corrected chi connectivity index (χ3v) is 2.87. The van der Waals surface area contributed by atoms with Crippen molar-refractivity contribution in [2.24, 2.45) is 0 Å². The van der Waals surface area contributed by atoms with Crippen LogP contribution >= 0.6 is 0 Å². The minimum Gasteiger partial charge on any atom is -0.507 e. The van der Waals surface area contributed by atoms with E-state index in [0.717, 1.165) is 16.7 Å². The van der Waals surface area contributed by atoms with Crippen LogP contribution in [0, 0.1) is 6.92 Å². The van der Waals surface area contributed by atoms with Crippen LogP contribution in [0.15, 0.2) is 54.6 Å². The van der Waals surface area contributed by atoms with Crippen LogP contribution in [0.1, 0.15) is 23.6 Å². The van der Waals surface area contributed by atoms with E-state index < -0.39 is 0 Å². The van der Waals surface area contributed by atoms with Gasteiger partial charge in [-0.25, -0.2) is 0 Å². The summed E-state index contributed by atoms with van der Waals surface area (Å²) in [6.45, 7) is 3.47. The van der Waals surface area contributed by atoms with E-state index in [1.165, 1.54) is 6.92 Å². The molecule has 0 radical (unpaired) electrons. The Labute approximate surface area is 113 Å². The van der Waals surface area contributed by atoms with Gasteiger partial charge in [0.15, 0.2) is 5.78 Å². The number of hydrogen-bond acceptors (Lipinski definition) is 2. The van der Waals surface area contributed by atoms with Crippen LogP contribution in [0.5, 0.6) is 5.75 Å². The van der Waals surface area contributed by atoms with E-state index in [1.54, 1.807) is 12.1 Å². The van der Waals surface area contributed by atoms with Gasteiger partial charge in [-0.15, -0.1) is 0 Å². The summed E-state index contributed by atoms with van der Waals surface area (Å²) in [6.07, 6.45) is 1.56. The van der Waals surface area contributed by atoms with Gasteiger partial charge in [0, 0.05) is 5.56 Å². The predicted molar refractivity (Wildman–Crippen MR) is 77.0 cm³/mol. The molecule has 2 rings (SSSR count). The molecule has 0 saturated carbocycles. The molecule has 2 aromatic rings. The first-order valence-electron chi connectivity index (χ1n) is 6.15. The zero-order valence-corrected chi connectivity index (χ0v) is 11.1. The van der Waals surface area contributed by atoms with Crippen molar-refractivity contribution in [3.63, 3.8) is 0 Å². The number of ketones is 1. The maximum atomic E-state index is 11.4. The van der Waals surface area contributed by atoms with E-state index in [2.05, 4.69) is 0 Å². The first kappa shape index (κ1) is 13.1. The van der Waals surface area contributed by atoms with Crippen molar-refractivity contribution in [2.75, 3.05) is 0 Å². The molecule has 0 saturated heterocycles. The minimum absolute atomic E-state index is 0.0419. The molecular weight excluding hydrogens is 236 g/mol. The van der Waals surface area contributed by atoms with Crippen LogP contribution in [0.4, 0.5) is 0 Å². The predicted octanol–water partition coefficient (Wildman–Crippen LogP) is 3.72. The number of benzene rings is 2. The average molecular weight is 252 g/mol. The molecule has 0 heterocycles. The molecule has 0 amide bonds. The van der Waals surface area contributed by atoms with E-state index in [0.29, 0.717) is 5.56 Å². The molecule has 0 aliphatic rings. The fourth-order valence-corrected chi connectivity index (χ4v) is 2.00. The van der Waals surface area contributed by atoms with Crippen LogP contribution in [-0.2, 0) is 4.79 Å². The second-order valence-electron chi connectivity index (χ2n) is 4.56. The summed E-state index contributed by atoms with van der Waals surface area (Å²) >= 11 is 0. The summed E-state index contributed by atoms with van der Waals surface area (Å²) in [5.41, 5.74) is 3.38. The SMILES string of the molecule is CC(=O)/C=C(/c1ccccc1)c1cc(C)ccc1O. The lowest BCUT2D eigenvalue weighted by atomic mass is 9.95. The molecule has 0 aliphatic heterocycles. The van der Waals surface area contributed by atoms with Gasteiger partial charge in [-0.3, -0.25) is 4.79 Å². The fraction of sp³-hybridized carbons (Fsp3) is 0.118. The molecule has 0 unspecified atom stereocenters. The van der Waals surface area contributed by atoms with E-state index in [9.17, 15) is 9.90 Å². The van der Waals surface area contributed by atoms with Gasteiger partial charge in [-0.1, -0.05) is 42.0 Å². The lowest BCUT2D eigenvalue weighted by Gasteiger charge is -2.11. The molecule has 0 atom stereocenters. The maximum Gasteiger partial charge on any atom is 0.153 e. The van der Waals surface area contributed by atoms with Gasteiger partial charge < -0.3 is 5.11 Å². The largest absolute Gasteiger partial charge is 0.507 e. The number of aromatic hydroxyl groups is 1. The quantitative estimate of drug-likeness (QED) is 0.845. The van der Waals surface area contributed by atoms with Gasteiger partial charge in [0.25, 0.3) is 0 Å². The lowest BCUT2D eigenvalue weighted by Crippen LogP contribution is -1.93. The van der Waals surface area contributed by atoms with Crippen molar-refractivity contribution in [1.29, 1.82) is 0 Å². The van der Waals surface area contributed by atoms with Crippen molar-refractivity contribution in [3.8, 4) is 5.75 Å². The van der Waals surface area contributed by atoms with Gasteiger partial charge in [-0.2, -0.15) is 0 Å². The Morgan fingerprint density at radius 3 is 2.42 bits per heavy atom. The first-order chi connectivity index (χ1) is 9.08. The lowest BCUT2D eigenvalue weighted by molar-refractivity contribution is -0.112. The van der Waals surface area contributed by atoms with E-state index in [1.807, 2.05) is 49.4 Å². The molecule has 0 fully saturated rings. The van der Waals surface area contributed by atoms with Gasteiger partial charge in [0.2, 0.25) is 0 Å². The average Bonchev–Trinajstić information content (AvgIpc) is 2.40. The highest BCUT2D eigenvalue weighted by Crippen LogP contribution is 2.31. The molecule has 19 heavy (non-hydrogen) atoms. The van der Waals surface area contributed by atoms with Crippen LogP contribution in [0.3, 0.4) is 0 Å². The third-order valence-electron chi connectivity index (χ3n) is 2.87. The zero-order chi connectivity index (χ0) is 13.8. The molecule has 0 aromatic heterocycles. The summed E-state index contributed by atoms with van der Waals surface area (Å²) < 4.78 is 0. The summed E-state index contributed by atoms with van der Waals surface area (Å²) in [5, 5.41) is 10.0. The van der Waals surface area contributed by atoms with Gasteiger partial charge in [0.1, 0.15) is 5.75 Å². The number of carbonyl (C=O) groups is 1. The van der Waals surface area contributed by atoms with Gasteiger partial charge >= 0.3 is 0 Å². The Balaban J connectivity index is 2.63. The number of allylic oxidation sites excluding steroid dienone is 1. The summed E-state index contributed by atoms with van der Waals surface area (Å²) in [7, 11) is 0. The number of aryl methyl sites for hydroxylation is 1. The van der Waals surface area contributed by atoms with E-state index in [4.69, 9.17) is 0 Å². The Morgan fingerprint density at radius 2 is 1.79 bits per heavy atom. The maximum absolute atomic E-state index is 11.4. The number of phenolic OH excluding ortho intramolecular Hbond substituents is 1. The molecule has 0 bridgehead atoms.